The maximum absolute atomic E-state index is 13.3. The molecule has 0 bridgehead atoms. The van der Waals surface area contributed by atoms with Crippen LogP contribution in [0.4, 0.5) is 4.79 Å². The van der Waals surface area contributed by atoms with Crippen molar-refractivity contribution >= 4 is 37.9 Å². The maximum Gasteiger partial charge on any atom is 0.410 e. The van der Waals surface area contributed by atoms with Crippen LogP contribution in [0, 0.1) is 11.8 Å². The molecule has 1 aliphatic carbocycles. The van der Waals surface area contributed by atoms with Gasteiger partial charge >= 0.3 is 6.09 Å². The number of amides is 2. The molecule has 2 amide bonds. The van der Waals surface area contributed by atoms with Crippen molar-refractivity contribution in [3.8, 4) is 0 Å². The molecule has 3 fully saturated rings. The number of nitrogens with zero attached hydrogens (tertiary/aromatic N) is 1. The number of carbonyl (C=O) groups is 3. The molecule has 2 aliphatic heterocycles. The van der Waals surface area contributed by atoms with E-state index >= 15 is 0 Å². The SMILES string of the molecule is C=CCOC(=O)N1CC[C@H](SC2CC[C@H]([C@H]3NC(=O)[C@@H]3[C@@H](C)O[Si](CC)(CC)CC)C2=O)C1. The first-order chi connectivity index (χ1) is 15.8. The summed E-state index contributed by atoms with van der Waals surface area (Å²) in [5.41, 5.74) is 0. The topological polar surface area (TPSA) is 84.9 Å². The van der Waals surface area contributed by atoms with E-state index in [2.05, 4.69) is 32.7 Å². The molecule has 3 aliphatic rings. The van der Waals surface area contributed by atoms with Gasteiger partial charge in [-0.25, -0.2) is 4.79 Å². The van der Waals surface area contributed by atoms with E-state index in [1.54, 1.807) is 22.7 Å². The molecular formula is C24H40N2O5SSi. The average molecular weight is 497 g/mol. The number of Topliss-reactive ketones (excluding diaryl/α,β-unsaturated/α-hetero) is 1. The molecule has 1 unspecified atom stereocenters. The van der Waals surface area contributed by atoms with Crippen LogP contribution in [0.25, 0.3) is 0 Å². The summed E-state index contributed by atoms with van der Waals surface area (Å²) in [6, 6.07) is 3.02. The highest BCUT2D eigenvalue weighted by Crippen LogP contribution is 2.42. The molecule has 0 aromatic carbocycles. The number of ketones is 1. The van der Waals surface area contributed by atoms with Crippen LogP contribution in [0.3, 0.4) is 0 Å². The van der Waals surface area contributed by atoms with Gasteiger partial charge < -0.3 is 19.4 Å². The van der Waals surface area contributed by atoms with Crippen molar-refractivity contribution in [2.24, 2.45) is 11.8 Å². The summed E-state index contributed by atoms with van der Waals surface area (Å²) in [7, 11) is -1.82. The Morgan fingerprint density at radius 3 is 2.55 bits per heavy atom. The molecule has 6 atom stereocenters. The van der Waals surface area contributed by atoms with Crippen molar-refractivity contribution in [1.29, 1.82) is 0 Å². The quantitative estimate of drug-likeness (QED) is 0.264. The third-order valence-electron chi connectivity index (χ3n) is 7.81. The molecule has 7 nitrogen and oxygen atoms in total. The van der Waals surface area contributed by atoms with E-state index in [0.717, 1.165) is 37.4 Å². The van der Waals surface area contributed by atoms with Gasteiger partial charge in [-0.15, -0.1) is 11.8 Å². The predicted octanol–water partition coefficient (Wildman–Crippen LogP) is 3.99. The molecule has 33 heavy (non-hydrogen) atoms. The number of nitrogens with one attached hydrogen (secondary N) is 1. The Balaban J connectivity index is 1.54. The van der Waals surface area contributed by atoms with Crippen LogP contribution in [-0.2, 0) is 18.8 Å². The standard InChI is InChI=1S/C24H40N2O5SSi/c1-6-14-30-24(29)26-13-12-17(15-26)32-19-11-10-18(22(19)27)21-20(23(28)25-21)16(5)31-33(7-2,8-3)9-4/h6,16-21H,1,7-15H2,2-5H3,(H,25,28)/t16-,17+,18-,19?,20-,21-/m1/s1. The molecule has 1 N–H and O–H groups in total. The Morgan fingerprint density at radius 1 is 1.24 bits per heavy atom. The van der Waals surface area contributed by atoms with Gasteiger partial charge in [0.15, 0.2) is 14.1 Å². The van der Waals surface area contributed by atoms with Gasteiger partial charge in [-0.1, -0.05) is 33.4 Å². The second kappa shape index (κ2) is 11.4. The minimum absolute atomic E-state index is 0.0204. The number of carbonyl (C=O) groups excluding carboxylic acids is 3. The summed E-state index contributed by atoms with van der Waals surface area (Å²) >= 11 is 1.70. The molecule has 2 heterocycles. The average Bonchev–Trinajstić information content (AvgIpc) is 3.41. The smallest absolute Gasteiger partial charge is 0.410 e. The van der Waals surface area contributed by atoms with Crippen molar-refractivity contribution in [2.45, 2.75) is 87.7 Å². The molecule has 0 radical (unpaired) electrons. The van der Waals surface area contributed by atoms with E-state index in [1.807, 2.05) is 6.92 Å². The fourth-order valence-electron chi connectivity index (χ4n) is 5.55. The molecule has 1 saturated carbocycles. The van der Waals surface area contributed by atoms with Crippen LogP contribution < -0.4 is 5.32 Å². The highest BCUT2D eigenvalue weighted by molar-refractivity contribution is 8.01. The first kappa shape index (κ1) is 26.3. The third kappa shape index (κ3) is 5.67. The third-order valence-corrected chi connectivity index (χ3v) is 14.1. The fourth-order valence-corrected chi connectivity index (χ4v) is 10.0. The summed E-state index contributed by atoms with van der Waals surface area (Å²) in [5.74, 6) is -0.0972. The minimum atomic E-state index is -1.82. The van der Waals surface area contributed by atoms with E-state index in [0.29, 0.717) is 13.1 Å². The van der Waals surface area contributed by atoms with Crippen LogP contribution in [-0.4, -0.2) is 73.3 Å². The van der Waals surface area contributed by atoms with E-state index in [1.165, 1.54) is 0 Å². The van der Waals surface area contributed by atoms with Gasteiger partial charge in [0.2, 0.25) is 5.91 Å². The lowest BCUT2D eigenvalue weighted by atomic mass is 9.77. The normalized spacial score (nSPS) is 30.7. The number of β-lactam (4-membered cyclic amide) rings is 1. The van der Waals surface area contributed by atoms with Gasteiger partial charge in [0, 0.05) is 24.3 Å². The highest BCUT2D eigenvalue weighted by atomic mass is 32.2. The highest BCUT2D eigenvalue weighted by Gasteiger charge is 2.53. The second-order valence-electron chi connectivity index (χ2n) is 9.56. The van der Waals surface area contributed by atoms with Gasteiger partial charge in [0.25, 0.3) is 0 Å². The van der Waals surface area contributed by atoms with E-state index in [-0.39, 0.29) is 58.9 Å². The van der Waals surface area contributed by atoms with Crippen LogP contribution in [0.15, 0.2) is 12.7 Å². The minimum Gasteiger partial charge on any atom is -0.445 e. The molecule has 9 heteroatoms. The molecule has 0 aromatic heterocycles. The zero-order valence-electron chi connectivity index (χ0n) is 20.5. The monoisotopic (exact) mass is 496 g/mol. The largest absolute Gasteiger partial charge is 0.445 e. The number of hydrogen-bond donors (Lipinski definition) is 1. The van der Waals surface area contributed by atoms with Crippen LogP contribution in [0.5, 0.6) is 0 Å². The number of thioether (sulfide) groups is 1. The van der Waals surface area contributed by atoms with Crippen LogP contribution >= 0.6 is 11.8 Å². The second-order valence-corrected chi connectivity index (χ2v) is 15.8. The predicted molar refractivity (Wildman–Crippen MR) is 134 cm³/mol. The van der Waals surface area contributed by atoms with E-state index in [4.69, 9.17) is 9.16 Å². The number of ether oxygens (including phenoxy) is 1. The first-order valence-corrected chi connectivity index (χ1v) is 16.0. The Kier molecular flexibility index (Phi) is 9.08. The van der Waals surface area contributed by atoms with E-state index < -0.39 is 8.32 Å². The molecule has 3 rings (SSSR count). The lowest BCUT2D eigenvalue weighted by Crippen LogP contribution is -2.66. The van der Waals surface area contributed by atoms with Gasteiger partial charge in [-0.05, 0) is 44.3 Å². The zero-order valence-corrected chi connectivity index (χ0v) is 22.3. The number of rotatable bonds is 11. The van der Waals surface area contributed by atoms with Crippen molar-refractivity contribution in [3.63, 3.8) is 0 Å². The fraction of sp³-hybridized carbons (Fsp3) is 0.792. The molecule has 2 saturated heterocycles. The van der Waals surface area contributed by atoms with Gasteiger partial charge in [-0.2, -0.15) is 0 Å². The number of likely N-dealkylation sites (tertiary alicyclic amines) is 1. The van der Waals surface area contributed by atoms with Crippen molar-refractivity contribution in [1.82, 2.24) is 10.2 Å². The maximum atomic E-state index is 13.3. The lowest BCUT2D eigenvalue weighted by molar-refractivity contribution is -0.143. The molecule has 0 aromatic rings. The summed E-state index contributed by atoms with van der Waals surface area (Å²) in [6.45, 7) is 13.6. The van der Waals surface area contributed by atoms with Crippen molar-refractivity contribution in [3.05, 3.63) is 12.7 Å². The van der Waals surface area contributed by atoms with Gasteiger partial charge in [0.1, 0.15) is 6.61 Å². The molecular weight excluding hydrogens is 456 g/mol. The summed E-state index contributed by atoms with van der Waals surface area (Å²) in [4.78, 5) is 39.6. The summed E-state index contributed by atoms with van der Waals surface area (Å²) < 4.78 is 11.7. The van der Waals surface area contributed by atoms with Gasteiger partial charge in [-0.3, -0.25) is 9.59 Å². The zero-order chi connectivity index (χ0) is 24.2. The van der Waals surface area contributed by atoms with Crippen LogP contribution in [0.1, 0.15) is 47.0 Å². The lowest BCUT2D eigenvalue weighted by Gasteiger charge is -2.45. The molecule has 0 spiro atoms. The Morgan fingerprint density at radius 2 is 1.94 bits per heavy atom. The summed E-state index contributed by atoms with van der Waals surface area (Å²) in [6.07, 6.45) is 3.60. The Bertz CT molecular complexity index is 738. The Labute approximate surface area is 203 Å². The van der Waals surface area contributed by atoms with Crippen molar-refractivity contribution in [2.75, 3.05) is 19.7 Å². The van der Waals surface area contributed by atoms with Gasteiger partial charge in [0.05, 0.1) is 23.3 Å². The van der Waals surface area contributed by atoms with E-state index in [9.17, 15) is 14.4 Å². The van der Waals surface area contributed by atoms with Crippen molar-refractivity contribution < 1.29 is 23.5 Å². The first-order valence-electron chi connectivity index (χ1n) is 12.5. The molecule has 186 valence electrons. The van der Waals surface area contributed by atoms with Crippen LogP contribution in [0.2, 0.25) is 18.1 Å². The summed E-state index contributed by atoms with van der Waals surface area (Å²) in [5, 5.41) is 3.21. The number of hydrogen-bond acceptors (Lipinski definition) is 6. The Hall–Kier alpha value is -1.32.